The van der Waals surface area contributed by atoms with Crippen molar-refractivity contribution < 1.29 is 9.53 Å². The molecule has 3 aromatic carbocycles. The molecule has 0 spiro atoms. The maximum Gasteiger partial charge on any atom is 0.251 e. The third kappa shape index (κ3) is 5.17. The van der Waals surface area contributed by atoms with Gasteiger partial charge in [0, 0.05) is 40.9 Å². The van der Waals surface area contributed by atoms with Crippen molar-refractivity contribution in [2.24, 2.45) is 0 Å². The second-order valence-electron chi connectivity index (χ2n) is 9.00. The fourth-order valence-electron chi connectivity index (χ4n) is 3.79. The average Bonchev–Trinajstić information content (AvgIpc) is 3.66. The number of carbonyl (C=O) groups excluding carboxylic acids is 1. The summed E-state index contributed by atoms with van der Waals surface area (Å²) < 4.78 is 6.30. The third-order valence-corrected chi connectivity index (χ3v) is 5.68. The van der Waals surface area contributed by atoms with E-state index >= 15 is 0 Å². The summed E-state index contributed by atoms with van der Waals surface area (Å²) in [6, 6.07) is 22.3. The Balaban J connectivity index is 1.53. The number of anilines is 1. The lowest BCUT2D eigenvalue weighted by Gasteiger charge is -2.15. The molecule has 6 nitrogen and oxygen atoms in total. The van der Waals surface area contributed by atoms with E-state index in [0.29, 0.717) is 29.9 Å². The minimum atomic E-state index is -0.0374. The number of carbonyl (C=O) groups is 1. The monoisotopic (exact) mass is 452 g/mol. The van der Waals surface area contributed by atoms with Crippen LogP contribution in [0.4, 0.5) is 5.95 Å². The molecule has 1 aliphatic rings. The lowest BCUT2D eigenvalue weighted by atomic mass is 10.00. The van der Waals surface area contributed by atoms with E-state index < -0.39 is 0 Å². The van der Waals surface area contributed by atoms with E-state index in [1.807, 2.05) is 72.9 Å². The molecule has 1 fully saturated rings. The van der Waals surface area contributed by atoms with Crippen LogP contribution < -0.4 is 15.4 Å². The predicted octanol–water partition coefficient (Wildman–Crippen LogP) is 5.59. The summed E-state index contributed by atoms with van der Waals surface area (Å²) in [5, 5.41) is 7.22. The van der Waals surface area contributed by atoms with Crippen LogP contribution in [0.15, 0.2) is 72.9 Å². The molecule has 1 amide bonds. The number of nitrogens with zero attached hydrogens (tertiary/aromatic N) is 2. The molecule has 0 radical (unpaired) electrons. The van der Waals surface area contributed by atoms with Crippen LogP contribution in [-0.2, 0) is 6.61 Å². The van der Waals surface area contributed by atoms with Crippen LogP contribution in [0, 0.1) is 0 Å². The number of aromatic nitrogens is 2. The number of hydrogen-bond donors (Lipinski definition) is 2. The van der Waals surface area contributed by atoms with Crippen molar-refractivity contribution in [3.05, 3.63) is 84.1 Å². The van der Waals surface area contributed by atoms with Crippen LogP contribution >= 0.6 is 0 Å². The van der Waals surface area contributed by atoms with Crippen LogP contribution in [-0.4, -0.2) is 28.0 Å². The molecule has 2 N–H and O–H groups in total. The zero-order chi connectivity index (χ0) is 23.5. The standard InChI is InChI=1S/C28H28N4O2/c1-18(2)30-28-29-16-22-14-24(20-9-6-10-21(13-20)27(33)31-23-11-12-23)26(15-25(22)32-28)34-17-19-7-4-3-5-8-19/h3-10,13-16,18,23H,11-12,17H2,1-2H3,(H,31,33)(H,29,30,32). The van der Waals surface area contributed by atoms with Gasteiger partial charge < -0.3 is 15.4 Å². The third-order valence-electron chi connectivity index (χ3n) is 5.68. The molecule has 5 rings (SSSR count). The van der Waals surface area contributed by atoms with Gasteiger partial charge in [-0.2, -0.15) is 0 Å². The highest BCUT2D eigenvalue weighted by Gasteiger charge is 2.24. The van der Waals surface area contributed by atoms with Gasteiger partial charge in [-0.25, -0.2) is 9.97 Å². The van der Waals surface area contributed by atoms with Crippen molar-refractivity contribution >= 4 is 22.8 Å². The molecule has 0 saturated heterocycles. The van der Waals surface area contributed by atoms with E-state index in [1.54, 1.807) is 0 Å². The molecule has 172 valence electrons. The summed E-state index contributed by atoms with van der Waals surface area (Å²) >= 11 is 0. The number of benzene rings is 3. The molecule has 1 saturated carbocycles. The zero-order valence-electron chi connectivity index (χ0n) is 19.4. The van der Waals surface area contributed by atoms with Crippen molar-refractivity contribution in [3.8, 4) is 16.9 Å². The fraction of sp³-hybridized carbons (Fsp3) is 0.250. The van der Waals surface area contributed by atoms with Crippen LogP contribution in [0.25, 0.3) is 22.0 Å². The fourth-order valence-corrected chi connectivity index (χ4v) is 3.79. The summed E-state index contributed by atoms with van der Waals surface area (Å²) in [6.07, 6.45) is 3.93. The highest BCUT2D eigenvalue weighted by atomic mass is 16.5. The zero-order valence-corrected chi connectivity index (χ0v) is 19.4. The van der Waals surface area contributed by atoms with E-state index in [-0.39, 0.29) is 11.9 Å². The lowest BCUT2D eigenvalue weighted by Crippen LogP contribution is -2.25. The maximum absolute atomic E-state index is 12.6. The van der Waals surface area contributed by atoms with Gasteiger partial charge in [0.25, 0.3) is 5.91 Å². The number of amides is 1. The molecule has 4 aromatic rings. The van der Waals surface area contributed by atoms with Gasteiger partial charge in [0.1, 0.15) is 12.4 Å². The topological polar surface area (TPSA) is 76.1 Å². The summed E-state index contributed by atoms with van der Waals surface area (Å²) in [5.74, 6) is 1.26. The number of hydrogen-bond acceptors (Lipinski definition) is 5. The van der Waals surface area contributed by atoms with Gasteiger partial charge in [-0.3, -0.25) is 4.79 Å². The van der Waals surface area contributed by atoms with Gasteiger partial charge in [0.05, 0.1) is 5.52 Å². The molecule has 6 heteroatoms. The van der Waals surface area contributed by atoms with Crippen molar-refractivity contribution in [3.63, 3.8) is 0 Å². The average molecular weight is 453 g/mol. The van der Waals surface area contributed by atoms with Crippen LogP contribution in [0.2, 0.25) is 0 Å². The minimum absolute atomic E-state index is 0.0374. The first kappa shape index (κ1) is 21.9. The number of ether oxygens (including phenoxy) is 1. The Kier molecular flexibility index (Phi) is 6.12. The molecule has 1 aromatic heterocycles. The minimum Gasteiger partial charge on any atom is -0.488 e. The van der Waals surface area contributed by atoms with E-state index in [0.717, 1.165) is 40.4 Å². The highest BCUT2D eigenvalue weighted by molar-refractivity contribution is 5.96. The van der Waals surface area contributed by atoms with Crippen LogP contribution in [0.5, 0.6) is 5.75 Å². The molecular formula is C28H28N4O2. The number of rotatable bonds is 8. The molecule has 34 heavy (non-hydrogen) atoms. The van der Waals surface area contributed by atoms with E-state index in [4.69, 9.17) is 4.74 Å². The Labute approximate surface area is 199 Å². The smallest absolute Gasteiger partial charge is 0.251 e. The molecule has 0 aliphatic heterocycles. The molecule has 1 heterocycles. The number of nitrogens with one attached hydrogen (secondary N) is 2. The SMILES string of the molecule is CC(C)Nc1ncc2cc(-c3cccc(C(=O)NC4CC4)c3)c(OCc3ccccc3)cc2n1. The van der Waals surface area contributed by atoms with Crippen molar-refractivity contribution in [2.45, 2.75) is 45.4 Å². The predicted molar refractivity (Wildman–Crippen MR) is 135 cm³/mol. The highest BCUT2D eigenvalue weighted by Crippen LogP contribution is 2.35. The number of fused-ring (bicyclic) bond motifs is 1. The van der Waals surface area contributed by atoms with Crippen molar-refractivity contribution in [2.75, 3.05) is 5.32 Å². The van der Waals surface area contributed by atoms with Gasteiger partial charge in [-0.15, -0.1) is 0 Å². The maximum atomic E-state index is 12.6. The second kappa shape index (κ2) is 9.51. The van der Waals surface area contributed by atoms with Crippen molar-refractivity contribution in [1.82, 2.24) is 15.3 Å². The molecular weight excluding hydrogens is 424 g/mol. The molecule has 1 aliphatic carbocycles. The van der Waals surface area contributed by atoms with Crippen LogP contribution in [0.1, 0.15) is 42.6 Å². The van der Waals surface area contributed by atoms with Gasteiger partial charge in [-0.05, 0) is 56.0 Å². The van der Waals surface area contributed by atoms with Gasteiger partial charge in [0.2, 0.25) is 5.95 Å². The van der Waals surface area contributed by atoms with Gasteiger partial charge in [-0.1, -0.05) is 42.5 Å². The molecule has 0 bridgehead atoms. The second-order valence-corrected chi connectivity index (χ2v) is 9.00. The lowest BCUT2D eigenvalue weighted by molar-refractivity contribution is 0.0951. The Bertz CT molecular complexity index is 1320. The van der Waals surface area contributed by atoms with Crippen molar-refractivity contribution in [1.29, 1.82) is 0 Å². The molecule has 0 unspecified atom stereocenters. The normalized spacial score (nSPS) is 13.1. The van der Waals surface area contributed by atoms with E-state index in [9.17, 15) is 4.79 Å². The van der Waals surface area contributed by atoms with Crippen LogP contribution in [0.3, 0.4) is 0 Å². The first-order valence-electron chi connectivity index (χ1n) is 11.7. The van der Waals surface area contributed by atoms with E-state index in [2.05, 4.69) is 34.4 Å². The summed E-state index contributed by atoms with van der Waals surface area (Å²) in [7, 11) is 0. The summed E-state index contributed by atoms with van der Waals surface area (Å²) in [6.45, 7) is 4.54. The largest absolute Gasteiger partial charge is 0.488 e. The Morgan fingerprint density at radius 1 is 1.06 bits per heavy atom. The van der Waals surface area contributed by atoms with Gasteiger partial charge >= 0.3 is 0 Å². The summed E-state index contributed by atoms with van der Waals surface area (Å²) in [4.78, 5) is 21.8. The Hall–Kier alpha value is -3.93. The first-order chi connectivity index (χ1) is 16.5. The molecule has 0 atom stereocenters. The summed E-state index contributed by atoms with van der Waals surface area (Å²) in [5.41, 5.74) is 4.34. The Morgan fingerprint density at radius 3 is 2.65 bits per heavy atom. The van der Waals surface area contributed by atoms with Gasteiger partial charge in [0.15, 0.2) is 0 Å². The first-order valence-corrected chi connectivity index (χ1v) is 11.7. The Morgan fingerprint density at radius 2 is 1.88 bits per heavy atom. The van der Waals surface area contributed by atoms with E-state index in [1.165, 1.54) is 0 Å². The quantitative estimate of drug-likeness (QED) is 0.365.